The lowest BCUT2D eigenvalue weighted by atomic mass is 10.1. The molecule has 0 atom stereocenters. The summed E-state index contributed by atoms with van der Waals surface area (Å²) in [4.78, 5) is 15.0. The summed E-state index contributed by atoms with van der Waals surface area (Å²) < 4.78 is 5.75. The zero-order valence-electron chi connectivity index (χ0n) is 11.4. The quantitative estimate of drug-likeness (QED) is 0.786. The molecule has 3 rings (SSSR count). The van der Waals surface area contributed by atoms with Gasteiger partial charge in [-0.25, -0.2) is 9.78 Å². The molecule has 0 amide bonds. The average Bonchev–Trinajstić information content (AvgIpc) is 2.49. The van der Waals surface area contributed by atoms with Crippen LogP contribution in [-0.2, 0) is 0 Å². The number of rotatable bonds is 3. The van der Waals surface area contributed by atoms with E-state index in [0.717, 1.165) is 10.8 Å². The first-order valence-electron chi connectivity index (χ1n) is 6.50. The standard InChI is InChI=1S/C17H13NO3/c1-11-8-14(17(19)20)10-18-16(11)21-15-7-6-12-4-2-3-5-13(12)9-15/h2-10H,1H3,(H,19,20). The smallest absolute Gasteiger partial charge is 0.337 e. The van der Waals surface area contributed by atoms with E-state index in [4.69, 9.17) is 9.84 Å². The summed E-state index contributed by atoms with van der Waals surface area (Å²) in [6, 6.07) is 15.3. The third kappa shape index (κ3) is 2.69. The number of hydrogen-bond acceptors (Lipinski definition) is 3. The maximum absolute atomic E-state index is 10.9. The first-order valence-corrected chi connectivity index (χ1v) is 6.50. The highest BCUT2D eigenvalue weighted by Gasteiger charge is 2.09. The van der Waals surface area contributed by atoms with Crippen LogP contribution in [0.25, 0.3) is 10.8 Å². The van der Waals surface area contributed by atoms with Gasteiger partial charge in [-0.2, -0.15) is 0 Å². The van der Waals surface area contributed by atoms with Gasteiger partial charge in [0.05, 0.1) is 5.56 Å². The van der Waals surface area contributed by atoms with E-state index in [1.165, 1.54) is 6.20 Å². The lowest BCUT2D eigenvalue weighted by molar-refractivity contribution is 0.0696. The molecule has 0 saturated heterocycles. The minimum Gasteiger partial charge on any atom is -0.478 e. The van der Waals surface area contributed by atoms with Gasteiger partial charge in [0.15, 0.2) is 0 Å². The van der Waals surface area contributed by atoms with Crippen LogP contribution < -0.4 is 4.74 Å². The first kappa shape index (κ1) is 13.1. The van der Waals surface area contributed by atoms with Gasteiger partial charge in [-0.05, 0) is 35.9 Å². The van der Waals surface area contributed by atoms with Gasteiger partial charge in [0.25, 0.3) is 0 Å². The average molecular weight is 279 g/mol. The van der Waals surface area contributed by atoms with Gasteiger partial charge in [0.2, 0.25) is 5.88 Å². The largest absolute Gasteiger partial charge is 0.478 e. The zero-order chi connectivity index (χ0) is 14.8. The van der Waals surface area contributed by atoms with E-state index in [-0.39, 0.29) is 5.56 Å². The molecule has 0 fully saturated rings. The summed E-state index contributed by atoms with van der Waals surface area (Å²) >= 11 is 0. The SMILES string of the molecule is Cc1cc(C(=O)O)cnc1Oc1ccc2ccccc2c1. The molecule has 1 N–H and O–H groups in total. The van der Waals surface area contributed by atoms with Gasteiger partial charge < -0.3 is 9.84 Å². The number of aryl methyl sites for hydroxylation is 1. The van der Waals surface area contributed by atoms with Crippen molar-refractivity contribution < 1.29 is 14.6 Å². The predicted molar refractivity (Wildman–Crippen MR) is 80.0 cm³/mol. The van der Waals surface area contributed by atoms with Crippen LogP contribution in [0, 0.1) is 6.92 Å². The Bertz CT molecular complexity index is 827. The van der Waals surface area contributed by atoms with Gasteiger partial charge in [-0.1, -0.05) is 30.3 Å². The molecule has 0 aliphatic rings. The lowest BCUT2D eigenvalue weighted by Crippen LogP contribution is -1.99. The number of pyridine rings is 1. The second-order valence-electron chi connectivity index (χ2n) is 4.76. The van der Waals surface area contributed by atoms with Crippen molar-refractivity contribution in [3.05, 3.63) is 65.9 Å². The second kappa shape index (κ2) is 5.25. The molecule has 0 aliphatic heterocycles. The van der Waals surface area contributed by atoms with E-state index >= 15 is 0 Å². The Balaban J connectivity index is 1.93. The molecular weight excluding hydrogens is 266 g/mol. The van der Waals surface area contributed by atoms with Gasteiger partial charge in [0.1, 0.15) is 5.75 Å². The molecule has 4 nitrogen and oxygen atoms in total. The van der Waals surface area contributed by atoms with E-state index in [2.05, 4.69) is 4.98 Å². The number of fused-ring (bicyclic) bond motifs is 1. The van der Waals surface area contributed by atoms with Gasteiger partial charge in [-0.15, -0.1) is 0 Å². The maximum atomic E-state index is 10.9. The molecule has 104 valence electrons. The molecule has 0 radical (unpaired) electrons. The number of benzene rings is 2. The second-order valence-corrected chi connectivity index (χ2v) is 4.76. The van der Waals surface area contributed by atoms with Gasteiger partial charge >= 0.3 is 5.97 Å². The Labute approximate surface area is 121 Å². The number of carbonyl (C=O) groups is 1. The van der Waals surface area contributed by atoms with Crippen molar-refractivity contribution in [3.63, 3.8) is 0 Å². The Hall–Kier alpha value is -2.88. The summed E-state index contributed by atoms with van der Waals surface area (Å²) in [6.07, 6.45) is 1.30. The topological polar surface area (TPSA) is 59.4 Å². The molecule has 0 spiro atoms. The number of aromatic nitrogens is 1. The van der Waals surface area contributed by atoms with Crippen LogP contribution in [-0.4, -0.2) is 16.1 Å². The van der Waals surface area contributed by atoms with Crippen molar-refractivity contribution in [2.24, 2.45) is 0 Å². The highest BCUT2D eigenvalue weighted by molar-refractivity contribution is 5.87. The molecule has 2 aromatic carbocycles. The first-order chi connectivity index (χ1) is 10.1. The monoisotopic (exact) mass is 279 g/mol. The van der Waals surface area contributed by atoms with E-state index in [0.29, 0.717) is 17.2 Å². The molecule has 21 heavy (non-hydrogen) atoms. The predicted octanol–water partition coefficient (Wildman–Crippen LogP) is 4.03. The summed E-state index contributed by atoms with van der Waals surface area (Å²) in [5, 5.41) is 11.1. The molecule has 0 unspecified atom stereocenters. The molecule has 0 aliphatic carbocycles. The molecule has 0 saturated carbocycles. The zero-order valence-corrected chi connectivity index (χ0v) is 11.4. The highest BCUT2D eigenvalue weighted by atomic mass is 16.5. The molecule has 3 aromatic rings. The van der Waals surface area contributed by atoms with E-state index in [9.17, 15) is 4.79 Å². The van der Waals surface area contributed by atoms with Gasteiger partial charge in [0, 0.05) is 11.8 Å². The lowest BCUT2D eigenvalue weighted by Gasteiger charge is -2.09. The van der Waals surface area contributed by atoms with Crippen molar-refractivity contribution >= 4 is 16.7 Å². The summed E-state index contributed by atoms with van der Waals surface area (Å²) in [5.74, 6) is 0.0884. The van der Waals surface area contributed by atoms with Crippen LogP contribution >= 0.6 is 0 Å². The number of carboxylic acid groups (broad SMARTS) is 1. The van der Waals surface area contributed by atoms with Gasteiger partial charge in [-0.3, -0.25) is 0 Å². The summed E-state index contributed by atoms with van der Waals surface area (Å²) in [5.41, 5.74) is 0.835. The Kier molecular flexibility index (Phi) is 3.28. The highest BCUT2D eigenvalue weighted by Crippen LogP contribution is 2.26. The van der Waals surface area contributed by atoms with Crippen molar-refractivity contribution in [2.75, 3.05) is 0 Å². The Morgan fingerprint density at radius 1 is 1.10 bits per heavy atom. The number of ether oxygens (including phenoxy) is 1. The van der Waals surface area contributed by atoms with Crippen molar-refractivity contribution in [2.45, 2.75) is 6.92 Å². The molecular formula is C17H13NO3. The van der Waals surface area contributed by atoms with Crippen LogP contribution in [0.2, 0.25) is 0 Å². The fourth-order valence-corrected chi connectivity index (χ4v) is 2.13. The minimum atomic E-state index is -0.997. The van der Waals surface area contributed by atoms with E-state index in [1.54, 1.807) is 13.0 Å². The van der Waals surface area contributed by atoms with Crippen LogP contribution in [0.5, 0.6) is 11.6 Å². The Morgan fingerprint density at radius 2 is 1.86 bits per heavy atom. The van der Waals surface area contributed by atoms with Crippen LogP contribution in [0.15, 0.2) is 54.7 Å². The number of nitrogens with zero attached hydrogens (tertiary/aromatic N) is 1. The fourth-order valence-electron chi connectivity index (χ4n) is 2.13. The fraction of sp³-hybridized carbons (Fsp3) is 0.0588. The van der Waals surface area contributed by atoms with Crippen LogP contribution in [0.1, 0.15) is 15.9 Å². The normalized spacial score (nSPS) is 10.5. The number of hydrogen-bond donors (Lipinski definition) is 1. The Morgan fingerprint density at radius 3 is 2.57 bits per heavy atom. The molecule has 1 heterocycles. The molecule has 1 aromatic heterocycles. The maximum Gasteiger partial charge on any atom is 0.337 e. The third-order valence-electron chi connectivity index (χ3n) is 3.21. The number of aromatic carboxylic acids is 1. The third-order valence-corrected chi connectivity index (χ3v) is 3.21. The minimum absolute atomic E-state index is 0.151. The number of carboxylic acids is 1. The van der Waals surface area contributed by atoms with Crippen LogP contribution in [0.3, 0.4) is 0 Å². The van der Waals surface area contributed by atoms with Crippen LogP contribution in [0.4, 0.5) is 0 Å². The van der Waals surface area contributed by atoms with Crippen molar-refractivity contribution in [3.8, 4) is 11.6 Å². The van der Waals surface area contributed by atoms with E-state index < -0.39 is 5.97 Å². The molecule has 4 heteroatoms. The van der Waals surface area contributed by atoms with Crippen molar-refractivity contribution in [1.29, 1.82) is 0 Å². The molecule has 0 bridgehead atoms. The van der Waals surface area contributed by atoms with E-state index in [1.807, 2.05) is 42.5 Å². The van der Waals surface area contributed by atoms with Crippen molar-refractivity contribution in [1.82, 2.24) is 4.98 Å². The summed E-state index contributed by atoms with van der Waals surface area (Å²) in [6.45, 7) is 1.77. The summed E-state index contributed by atoms with van der Waals surface area (Å²) in [7, 11) is 0.